The molecule has 2 heterocycles. The molecule has 2 aliphatic heterocycles. The Morgan fingerprint density at radius 3 is 2.95 bits per heavy atom. The van der Waals surface area contributed by atoms with Gasteiger partial charge in [0.05, 0.1) is 23.1 Å². The molecule has 0 saturated carbocycles. The predicted octanol–water partition coefficient (Wildman–Crippen LogP) is 1.87. The molecule has 0 radical (unpaired) electrons. The minimum absolute atomic E-state index is 0.156. The van der Waals surface area contributed by atoms with Gasteiger partial charge in [-0.2, -0.15) is 5.10 Å². The van der Waals surface area contributed by atoms with Crippen LogP contribution in [0.1, 0.15) is 18.1 Å². The van der Waals surface area contributed by atoms with Crippen molar-refractivity contribution in [2.24, 2.45) is 5.10 Å². The summed E-state index contributed by atoms with van der Waals surface area (Å²) in [5, 5.41) is 6.07. The number of rotatable bonds is 1. The highest BCUT2D eigenvalue weighted by Gasteiger charge is 2.27. The maximum atomic E-state index is 13.9. The van der Waals surface area contributed by atoms with E-state index in [1.807, 2.05) is 6.92 Å². The second-order valence-electron chi connectivity index (χ2n) is 4.37. The van der Waals surface area contributed by atoms with Crippen LogP contribution in [-0.2, 0) is 11.2 Å². The van der Waals surface area contributed by atoms with Gasteiger partial charge in [-0.05, 0) is 24.6 Å². The van der Waals surface area contributed by atoms with Crippen LogP contribution < -0.4 is 10.7 Å². The molecule has 2 amide bonds. The molecule has 7 heteroatoms. The second-order valence-corrected chi connectivity index (χ2v) is 5.69. The summed E-state index contributed by atoms with van der Waals surface area (Å²) in [4.78, 5) is 22.4. The van der Waals surface area contributed by atoms with Gasteiger partial charge in [0.25, 0.3) is 5.24 Å². The smallest absolute Gasteiger partial charge is 0.299 e. The molecule has 0 aromatic heterocycles. The zero-order valence-corrected chi connectivity index (χ0v) is 10.8. The highest BCUT2D eigenvalue weighted by molar-refractivity contribution is 8.14. The maximum absolute atomic E-state index is 13.9. The minimum Gasteiger partial charge on any atom is -0.323 e. The number of carbonyl (C=O) groups is 2. The van der Waals surface area contributed by atoms with Crippen LogP contribution in [-0.4, -0.2) is 22.1 Å². The van der Waals surface area contributed by atoms with Crippen LogP contribution in [0.25, 0.3) is 0 Å². The number of halogens is 1. The van der Waals surface area contributed by atoms with Crippen LogP contribution in [0.15, 0.2) is 17.2 Å². The van der Waals surface area contributed by atoms with Gasteiger partial charge < -0.3 is 5.32 Å². The molecule has 98 valence electrons. The molecule has 3 rings (SSSR count). The Morgan fingerprint density at radius 2 is 2.21 bits per heavy atom. The molecule has 0 fully saturated rings. The number of nitrogens with one attached hydrogen (secondary N) is 2. The number of fused-ring (bicyclic) bond motifs is 1. The third-order valence-electron chi connectivity index (χ3n) is 3.02. The van der Waals surface area contributed by atoms with E-state index in [1.54, 1.807) is 6.07 Å². The average molecular weight is 279 g/mol. The Kier molecular flexibility index (Phi) is 2.78. The quantitative estimate of drug-likeness (QED) is 0.824. The summed E-state index contributed by atoms with van der Waals surface area (Å²) < 4.78 is 13.9. The molecule has 1 atom stereocenters. The lowest BCUT2D eigenvalue weighted by Gasteiger charge is -2.19. The fourth-order valence-corrected chi connectivity index (χ4v) is 2.91. The van der Waals surface area contributed by atoms with Gasteiger partial charge in [0, 0.05) is 5.56 Å². The van der Waals surface area contributed by atoms with E-state index in [-0.39, 0.29) is 28.5 Å². The molecule has 2 N–H and O–H groups in total. The Hall–Kier alpha value is -1.89. The number of hydrazone groups is 1. The Balaban J connectivity index is 2.03. The number of thioether (sulfide) groups is 1. The highest BCUT2D eigenvalue weighted by atomic mass is 32.2. The number of hydrogen-bond acceptors (Lipinski definition) is 4. The summed E-state index contributed by atoms with van der Waals surface area (Å²) in [6.07, 6.45) is 0.168. The van der Waals surface area contributed by atoms with E-state index < -0.39 is 5.82 Å². The van der Waals surface area contributed by atoms with Crippen molar-refractivity contribution in [3.63, 3.8) is 0 Å². The van der Waals surface area contributed by atoms with Crippen molar-refractivity contribution in [2.75, 3.05) is 5.32 Å². The van der Waals surface area contributed by atoms with Crippen molar-refractivity contribution in [3.05, 3.63) is 29.1 Å². The maximum Gasteiger partial charge on any atom is 0.299 e. The molecule has 19 heavy (non-hydrogen) atoms. The summed E-state index contributed by atoms with van der Waals surface area (Å²) in [6.45, 7) is 1.83. The summed E-state index contributed by atoms with van der Waals surface area (Å²) in [6, 6.07) is 3.07. The van der Waals surface area contributed by atoms with Crippen molar-refractivity contribution in [3.8, 4) is 0 Å². The van der Waals surface area contributed by atoms with Crippen LogP contribution in [0, 0.1) is 5.82 Å². The van der Waals surface area contributed by atoms with Gasteiger partial charge in [-0.15, -0.1) is 0 Å². The molecule has 0 saturated heterocycles. The number of anilines is 1. The molecule has 1 unspecified atom stereocenters. The molecule has 0 aliphatic carbocycles. The average Bonchev–Trinajstić information content (AvgIpc) is 2.70. The molecular weight excluding hydrogens is 269 g/mol. The molecule has 1 aromatic carbocycles. The summed E-state index contributed by atoms with van der Waals surface area (Å²) in [5.74, 6) is -0.692. The molecule has 1 aromatic rings. The van der Waals surface area contributed by atoms with E-state index in [2.05, 4.69) is 15.8 Å². The van der Waals surface area contributed by atoms with E-state index in [4.69, 9.17) is 0 Å². The SMILES string of the molecule is CC1SC(=O)NN=C1c1cc(F)c2c(c1)CC(=O)N2. The lowest BCUT2D eigenvalue weighted by molar-refractivity contribution is -0.115. The number of carbonyl (C=O) groups excluding carboxylic acids is 2. The van der Waals surface area contributed by atoms with Crippen LogP contribution in [0.3, 0.4) is 0 Å². The van der Waals surface area contributed by atoms with Gasteiger partial charge in [0.2, 0.25) is 5.91 Å². The van der Waals surface area contributed by atoms with Crippen LogP contribution in [0.2, 0.25) is 0 Å². The van der Waals surface area contributed by atoms with Crippen LogP contribution >= 0.6 is 11.8 Å². The second kappa shape index (κ2) is 4.34. The first-order valence-electron chi connectivity index (χ1n) is 5.71. The molecular formula is C12H10FN3O2S. The highest BCUT2D eigenvalue weighted by Crippen LogP contribution is 2.30. The number of benzene rings is 1. The van der Waals surface area contributed by atoms with Crippen molar-refractivity contribution < 1.29 is 14.0 Å². The topological polar surface area (TPSA) is 70.6 Å². The molecule has 0 bridgehead atoms. The fraction of sp³-hybridized carbons (Fsp3) is 0.250. The fourth-order valence-electron chi connectivity index (χ4n) is 2.19. The molecule has 0 spiro atoms. The van der Waals surface area contributed by atoms with Crippen LogP contribution in [0.5, 0.6) is 0 Å². The van der Waals surface area contributed by atoms with Gasteiger partial charge in [0.1, 0.15) is 5.82 Å². The van der Waals surface area contributed by atoms with E-state index in [0.29, 0.717) is 16.8 Å². The lowest BCUT2D eigenvalue weighted by atomic mass is 10.0. The van der Waals surface area contributed by atoms with Crippen molar-refractivity contribution >= 4 is 34.3 Å². The summed E-state index contributed by atoms with van der Waals surface area (Å²) in [5.41, 5.74) is 4.42. The predicted molar refractivity (Wildman–Crippen MR) is 70.9 cm³/mol. The van der Waals surface area contributed by atoms with Gasteiger partial charge in [-0.1, -0.05) is 11.8 Å². The van der Waals surface area contributed by atoms with Crippen molar-refractivity contribution in [1.29, 1.82) is 0 Å². The first kappa shape index (κ1) is 12.2. The third-order valence-corrected chi connectivity index (χ3v) is 3.90. The summed E-state index contributed by atoms with van der Waals surface area (Å²) >= 11 is 1.10. The zero-order chi connectivity index (χ0) is 13.6. The van der Waals surface area contributed by atoms with Gasteiger partial charge in [0.15, 0.2) is 0 Å². The van der Waals surface area contributed by atoms with E-state index in [1.165, 1.54) is 6.07 Å². The van der Waals surface area contributed by atoms with E-state index in [9.17, 15) is 14.0 Å². The molecule has 5 nitrogen and oxygen atoms in total. The zero-order valence-electron chi connectivity index (χ0n) is 9.99. The Bertz CT molecular complexity index is 630. The largest absolute Gasteiger partial charge is 0.323 e. The summed E-state index contributed by atoms with van der Waals surface area (Å²) in [7, 11) is 0. The monoisotopic (exact) mass is 279 g/mol. The lowest BCUT2D eigenvalue weighted by Crippen LogP contribution is -2.29. The van der Waals surface area contributed by atoms with Crippen LogP contribution in [0.4, 0.5) is 14.9 Å². The van der Waals surface area contributed by atoms with Crippen molar-refractivity contribution in [1.82, 2.24) is 5.43 Å². The molecule has 2 aliphatic rings. The minimum atomic E-state index is -0.477. The Morgan fingerprint density at radius 1 is 1.42 bits per heavy atom. The first-order chi connectivity index (χ1) is 9.04. The number of amides is 2. The van der Waals surface area contributed by atoms with Gasteiger partial charge in [-0.3, -0.25) is 9.59 Å². The van der Waals surface area contributed by atoms with Gasteiger partial charge in [-0.25, -0.2) is 9.82 Å². The standard InChI is InChI=1S/C12H10FN3O2S/c1-5-10(15-16-12(18)19-5)6-2-7-4-9(17)14-11(7)8(13)3-6/h2-3,5H,4H2,1H3,(H,14,17)(H,16,18). The number of nitrogens with zero attached hydrogens (tertiary/aromatic N) is 1. The van der Waals surface area contributed by atoms with Crippen molar-refractivity contribution in [2.45, 2.75) is 18.6 Å². The normalized spacial score (nSPS) is 21.6. The third kappa shape index (κ3) is 2.10. The number of hydrogen-bond donors (Lipinski definition) is 2. The van der Waals surface area contributed by atoms with E-state index in [0.717, 1.165) is 11.8 Å². The Labute approximate surface area is 112 Å². The first-order valence-corrected chi connectivity index (χ1v) is 6.59. The van der Waals surface area contributed by atoms with Gasteiger partial charge >= 0.3 is 0 Å². The van der Waals surface area contributed by atoms with E-state index >= 15 is 0 Å².